The van der Waals surface area contributed by atoms with Gasteiger partial charge in [0.1, 0.15) is 5.82 Å². The summed E-state index contributed by atoms with van der Waals surface area (Å²) in [5, 5.41) is 3.33. The number of carbonyl (C=O) groups is 2. The smallest absolute Gasteiger partial charge is 0.261 e. The van der Waals surface area contributed by atoms with Crippen LogP contribution >= 0.6 is 0 Å². The molecule has 1 aliphatic heterocycles. The molecule has 9 heteroatoms. The van der Waals surface area contributed by atoms with Crippen molar-refractivity contribution in [3.63, 3.8) is 0 Å². The summed E-state index contributed by atoms with van der Waals surface area (Å²) in [5.41, 5.74) is 6.47. The number of carbonyl (C=O) groups excluding carboxylic acids is 2. The first-order valence-corrected chi connectivity index (χ1v) is 10.3. The fraction of sp³-hybridized carbons (Fsp3) is 0.318. The van der Waals surface area contributed by atoms with Crippen molar-refractivity contribution in [2.45, 2.75) is 25.8 Å². The quantitative estimate of drug-likeness (QED) is 0.623. The highest BCUT2D eigenvalue weighted by Gasteiger charge is 2.24. The Kier molecular flexibility index (Phi) is 5.92. The SMILES string of the molecule is NC(=O)C1CCCN(c2ccc(NC(=O)CCn3cnc4ccccc4c3=O)cn2)C1. The van der Waals surface area contributed by atoms with E-state index >= 15 is 0 Å². The summed E-state index contributed by atoms with van der Waals surface area (Å²) in [4.78, 5) is 47.0. The number of piperidine rings is 1. The van der Waals surface area contributed by atoms with Crippen LogP contribution in [0.3, 0.4) is 0 Å². The highest BCUT2D eigenvalue weighted by atomic mass is 16.2. The van der Waals surface area contributed by atoms with Crippen LogP contribution in [0.5, 0.6) is 0 Å². The van der Waals surface area contributed by atoms with Crippen molar-refractivity contribution in [1.82, 2.24) is 14.5 Å². The number of hydrogen-bond donors (Lipinski definition) is 2. The number of anilines is 2. The van der Waals surface area contributed by atoms with Crippen molar-refractivity contribution in [1.29, 1.82) is 0 Å². The van der Waals surface area contributed by atoms with Crippen molar-refractivity contribution >= 4 is 34.2 Å². The molecule has 1 saturated heterocycles. The molecule has 1 fully saturated rings. The van der Waals surface area contributed by atoms with E-state index in [1.165, 1.54) is 10.9 Å². The summed E-state index contributed by atoms with van der Waals surface area (Å²) in [5.74, 6) is 0.0800. The van der Waals surface area contributed by atoms with Crippen LogP contribution in [-0.2, 0) is 16.1 Å². The summed E-state index contributed by atoms with van der Waals surface area (Å²) in [6.45, 7) is 1.61. The van der Waals surface area contributed by atoms with Crippen LogP contribution in [-0.4, -0.2) is 39.4 Å². The second-order valence-corrected chi connectivity index (χ2v) is 7.65. The number of hydrogen-bond acceptors (Lipinski definition) is 6. The molecule has 0 bridgehead atoms. The predicted octanol–water partition coefficient (Wildman–Crippen LogP) is 1.52. The fourth-order valence-corrected chi connectivity index (χ4v) is 3.78. The number of nitrogens with zero attached hydrogens (tertiary/aromatic N) is 4. The molecular formula is C22H24N6O3. The molecule has 1 unspecified atom stereocenters. The lowest BCUT2D eigenvalue weighted by atomic mass is 9.97. The lowest BCUT2D eigenvalue weighted by molar-refractivity contribution is -0.122. The summed E-state index contributed by atoms with van der Waals surface area (Å²) < 4.78 is 1.44. The van der Waals surface area contributed by atoms with Gasteiger partial charge in [0.25, 0.3) is 5.56 Å². The Labute approximate surface area is 178 Å². The van der Waals surface area contributed by atoms with E-state index in [1.807, 2.05) is 17.0 Å². The normalized spacial score (nSPS) is 16.3. The van der Waals surface area contributed by atoms with Gasteiger partial charge < -0.3 is 16.0 Å². The number of amides is 2. The average Bonchev–Trinajstić information content (AvgIpc) is 2.79. The van der Waals surface area contributed by atoms with Gasteiger partial charge in [-0.25, -0.2) is 9.97 Å². The third kappa shape index (κ3) is 4.71. The Balaban J connectivity index is 1.34. The van der Waals surface area contributed by atoms with Gasteiger partial charge in [-0.2, -0.15) is 0 Å². The second kappa shape index (κ2) is 8.95. The maximum absolute atomic E-state index is 12.5. The zero-order chi connectivity index (χ0) is 21.8. The molecule has 2 amide bonds. The van der Waals surface area contributed by atoms with Crippen molar-refractivity contribution in [2.75, 3.05) is 23.3 Å². The first-order chi connectivity index (χ1) is 15.0. The van der Waals surface area contributed by atoms with Crippen molar-refractivity contribution < 1.29 is 9.59 Å². The third-order valence-corrected chi connectivity index (χ3v) is 5.49. The van der Waals surface area contributed by atoms with Crippen molar-refractivity contribution in [2.24, 2.45) is 11.7 Å². The minimum absolute atomic E-state index is 0.133. The van der Waals surface area contributed by atoms with Crippen LogP contribution in [0.15, 0.2) is 53.7 Å². The summed E-state index contributed by atoms with van der Waals surface area (Å²) in [7, 11) is 0. The molecule has 2 aromatic heterocycles. The van der Waals surface area contributed by atoms with Crippen LogP contribution in [0.2, 0.25) is 0 Å². The van der Waals surface area contributed by atoms with Gasteiger partial charge in [0, 0.05) is 26.1 Å². The first kappa shape index (κ1) is 20.5. The number of nitrogens with one attached hydrogen (secondary N) is 1. The number of para-hydroxylation sites is 1. The largest absolute Gasteiger partial charge is 0.369 e. The summed E-state index contributed by atoms with van der Waals surface area (Å²) in [6.07, 6.45) is 4.87. The van der Waals surface area contributed by atoms with E-state index in [0.29, 0.717) is 23.1 Å². The molecule has 1 atom stereocenters. The molecule has 0 radical (unpaired) electrons. The highest BCUT2D eigenvalue weighted by molar-refractivity contribution is 5.90. The van der Waals surface area contributed by atoms with E-state index in [2.05, 4.69) is 15.3 Å². The van der Waals surface area contributed by atoms with Crippen LogP contribution in [0, 0.1) is 5.92 Å². The maximum atomic E-state index is 12.5. The maximum Gasteiger partial charge on any atom is 0.261 e. The Bertz CT molecular complexity index is 1160. The predicted molar refractivity (Wildman–Crippen MR) is 118 cm³/mol. The van der Waals surface area contributed by atoms with E-state index in [4.69, 9.17) is 5.73 Å². The number of nitrogens with two attached hydrogens (primary N) is 1. The summed E-state index contributed by atoms with van der Waals surface area (Å²) >= 11 is 0. The summed E-state index contributed by atoms with van der Waals surface area (Å²) in [6, 6.07) is 10.7. The first-order valence-electron chi connectivity index (χ1n) is 10.3. The van der Waals surface area contributed by atoms with Gasteiger partial charge in [-0.3, -0.25) is 19.0 Å². The number of aromatic nitrogens is 3. The van der Waals surface area contributed by atoms with E-state index in [1.54, 1.807) is 30.5 Å². The molecule has 3 heterocycles. The second-order valence-electron chi connectivity index (χ2n) is 7.65. The third-order valence-electron chi connectivity index (χ3n) is 5.49. The van der Waals surface area contributed by atoms with Crippen LogP contribution in [0.1, 0.15) is 19.3 Å². The molecule has 9 nitrogen and oxygen atoms in total. The van der Waals surface area contributed by atoms with Gasteiger partial charge in [0.05, 0.1) is 35.0 Å². The zero-order valence-electron chi connectivity index (χ0n) is 17.0. The number of aryl methyl sites for hydroxylation is 1. The molecule has 4 rings (SSSR count). The Morgan fingerprint density at radius 1 is 1.16 bits per heavy atom. The molecule has 3 aromatic rings. The molecule has 0 aliphatic carbocycles. The molecule has 0 spiro atoms. The zero-order valence-corrected chi connectivity index (χ0v) is 17.0. The van der Waals surface area contributed by atoms with Crippen LogP contribution in [0.4, 0.5) is 11.5 Å². The van der Waals surface area contributed by atoms with Crippen molar-refractivity contribution in [3.8, 4) is 0 Å². The van der Waals surface area contributed by atoms with Gasteiger partial charge in [0.15, 0.2) is 0 Å². The van der Waals surface area contributed by atoms with Crippen LogP contribution in [0.25, 0.3) is 10.9 Å². The lowest BCUT2D eigenvalue weighted by Gasteiger charge is -2.32. The number of rotatable bonds is 6. The van der Waals surface area contributed by atoms with Crippen LogP contribution < -0.4 is 21.5 Å². The topological polar surface area (TPSA) is 123 Å². The van der Waals surface area contributed by atoms with E-state index in [-0.39, 0.29) is 36.3 Å². The minimum Gasteiger partial charge on any atom is -0.369 e. The monoisotopic (exact) mass is 420 g/mol. The van der Waals surface area contributed by atoms with E-state index in [9.17, 15) is 14.4 Å². The standard InChI is InChI=1S/C22H24N6O3/c23-21(30)15-4-3-10-27(13-15)19-8-7-16(12-24-19)26-20(29)9-11-28-14-25-18-6-2-1-5-17(18)22(28)31/h1-2,5-8,12,14-15H,3-4,9-11,13H2,(H2,23,30)(H,26,29). The molecule has 1 aliphatic rings. The molecule has 3 N–H and O–H groups in total. The molecule has 160 valence electrons. The number of pyridine rings is 1. The van der Waals surface area contributed by atoms with E-state index in [0.717, 1.165) is 25.2 Å². The molecule has 0 saturated carbocycles. The van der Waals surface area contributed by atoms with Gasteiger partial charge in [0.2, 0.25) is 11.8 Å². The minimum atomic E-state index is -0.283. The Morgan fingerprint density at radius 2 is 2.00 bits per heavy atom. The Morgan fingerprint density at radius 3 is 2.77 bits per heavy atom. The Hall–Kier alpha value is -3.75. The van der Waals surface area contributed by atoms with E-state index < -0.39 is 0 Å². The van der Waals surface area contributed by atoms with Gasteiger partial charge >= 0.3 is 0 Å². The average molecular weight is 420 g/mol. The molecule has 1 aromatic carbocycles. The molecular weight excluding hydrogens is 396 g/mol. The van der Waals surface area contributed by atoms with Crippen molar-refractivity contribution in [3.05, 3.63) is 59.3 Å². The van der Waals surface area contributed by atoms with Gasteiger partial charge in [-0.1, -0.05) is 12.1 Å². The van der Waals surface area contributed by atoms with Gasteiger partial charge in [-0.05, 0) is 37.1 Å². The molecule has 31 heavy (non-hydrogen) atoms. The lowest BCUT2D eigenvalue weighted by Crippen LogP contribution is -2.41. The number of primary amides is 1. The number of benzene rings is 1. The van der Waals surface area contributed by atoms with Gasteiger partial charge in [-0.15, -0.1) is 0 Å². The fourth-order valence-electron chi connectivity index (χ4n) is 3.78. The number of fused-ring (bicyclic) bond motifs is 1. The highest BCUT2D eigenvalue weighted by Crippen LogP contribution is 2.22.